The van der Waals surface area contributed by atoms with Crippen LogP contribution in [-0.2, 0) is 0 Å². The molecule has 0 aromatic rings. The van der Waals surface area contributed by atoms with Gasteiger partial charge in [-0.25, -0.2) is 0 Å². The lowest BCUT2D eigenvalue weighted by Crippen LogP contribution is -2.38. The van der Waals surface area contributed by atoms with Crippen LogP contribution in [0, 0.1) is 5.97 Å². The second kappa shape index (κ2) is 3.97. The first kappa shape index (κ1) is 11.5. The summed E-state index contributed by atoms with van der Waals surface area (Å²) in [6, 6.07) is 0. The van der Waals surface area contributed by atoms with E-state index >= 15 is 0 Å². The maximum atomic E-state index is 4.05. The SMILES string of the molecule is C[N+](C)(C)[B-]C#[N+][B-][N+](C)(C)C. The predicted octanol–water partition coefficient (Wildman–Crippen LogP) is -0.157. The van der Waals surface area contributed by atoms with Crippen molar-refractivity contribution in [3.05, 3.63) is 4.76 Å². The van der Waals surface area contributed by atoms with Crippen LogP contribution in [0.4, 0.5) is 0 Å². The van der Waals surface area contributed by atoms with E-state index in [0.717, 1.165) is 8.79 Å². The Kier molecular flexibility index (Phi) is 3.82. The Morgan fingerprint density at radius 1 is 0.917 bits per heavy atom. The van der Waals surface area contributed by atoms with Gasteiger partial charge in [-0.05, 0) is 5.97 Å². The van der Waals surface area contributed by atoms with E-state index < -0.39 is 0 Å². The Labute approximate surface area is 77.5 Å². The fraction of sp³-hybridized carbons (Fsp3) is 0.857. The Hall–Kier alpha value is -0.460. The van der Waals surface area contributed by atoms with Gasteiger partial charge in [-0.2, -0.15) is 0 Å². The highest BCUT2D eigenvalue weighted by molar-refractivity contribution is 6.41. The highest BCUT2D eigenvalue weighted by atomic mass is 15.2. The van der Waals surface area contributed by atoms with Crippen molar-refractivity contribution in [3.63, 3.8) is 0 Å². The third-order valence-corrected chi connectivity index (χ3v) is 0.924. The van der Waals surface area contributed by atoms with Gasteiger partial charge in [0.05, 0.1) is 0 Å². The number of rotatable bonds is 2. The topological polar surface area (TPSA) is 4.36 Å². The van der Waals surface area contributed by atoms with Crippen LogP contribution in [0.1, 0.15) is 0 Å². The summed E-state index contributed by atoms with van der Waals surface area (Å²) in [6.45, 7) is 0. The second-order valence-corrected chi connectivity index (χ2v) is 4.74. The molecule has 0 saturated heterocycles. The summed E-state index contributed by atoms with van der Waals surface area (Å²) < 4.78 is 5.52. The molecule has 0 unspecified atom stereocenters. The van der Waals surface area contributed by atoms with Gasteiger partial charge in [0.1, 0.15) is 0 Å². The number of hydrogen-bond donors (Lipinski definition) is 0. The first-order valence-electron chi connectivity index (χ1n) is 3.97. The minimum absolute atomic E-state index is 0.720. The molecule has 3 nitrogen and oxygen atoms in total. The molecular weight excluding hydrogens is 148 g/mol. The van der Waals surface area contributed by atoms with Crippen molar-refractivity contribution in [1.82, 2.24) is 0 Å². The minimum Gasteiger partial charge on any atom is -0.552 e. The highest BCUT2D eigenvalue weighted by Gasteiger charge is 2.04. The fourth-order valence-electron chi connectivity index (χ4n) is 0.413. The van der Waals surface area contributed by atoms with E-state index in [1.165, 1.54) is 0 Å². The van der Waals surface area contributed by atoms with Gasteiger partial charge in [0.15, 0.2) is 7.41 Å². The molecule has 0 aliphatic carbocycles. The van der Waals surface area contributed by atoms with Crippen LogP contribution in [0.25, 0.3) is 4.76 Å². The van der Waals surface area contributed by atoms with Gasteiger partial charge >= 0.3 is 7.55 Å². The second-order valence-electron chi connectivity index (χ2n) is 4.74. The largest absolute Gasteiger partial charge is 0.577 e. The summed E-state index contributed by atoms with van der Waals surface area (Å²) in [5, 5.41) is 0. The molecule has 0 heterocycles. The summed E-state index contributed by atoms with van der Waals surface area (Å²) in [6.07, 6.45) is 0. The third-order valence-electron chi connectivity index (χ3n) is 0.924. The summed E-state index contributed by atoms with van der Waals surface area (Å²) >= 11 is 0. The number of quaternary nitrogens is 2. The molecule has 0 amide bonds. The van der Waals surface area contributed by atoms with Gasteiger partial charge in [0.25, 0.3) is 0 Å². The van der Waals surface area contributed by atoms with Crippen molar-refractivity contribution < 1.29 is 8.79 Å². The van der Waals surface area contributed by atoms with Crippen molar-refractivity contribution >= 4 is 15.0 Å². The summed E-state index contributed by atoms with van der Waals surface area (Å²) in [5.41, 5.74) is 0. The first-order valence-corrected chi connectivity index (χ1v) is 3.97. The Balaban J connectivity index is 3.77. The molecule has 12 heavy (non-hydrogen) atoms. The molecule has 0 bridgehead atoms. The maximum absolute atomic E-state index is 4.05. The van der Waals surface area contributed by atoms with Crippen LogP contribution in [0.3, 0.4) is 0 Å². The van der Waals surface area contributed by atoms with Gasteiger partial charge in [-0.15, -0.1) is 0 Å². The summed E-state index contributed by atoms with van der Waals surface area (Å²) in [5.74, 6) is 2.88. The summed E-state index contributed by atoms with van der Waals surface area (Å²) in [7, 11) is 16.1. The quantitative estimate of drug-likeness (QED) is 0.502. The molecule has 66 valence electrons. The molecule has 0 spiro atoms. The van der Waals surface area contributed by atoms with Crippen molar-refractivity contribution in [2.75, 3.05) is 42.3 Å². The zero-order valence-electron chi connectivity index (χ0n) is 9.00. The monoisotopic (exact) mass is 166 g/mol. The van der Waals surface area contributed by atoms with Crippen molar-refractivity contribution in [2.24, 2.45) is 0 Å². The summed E-state index contributed by atoms with van der Waals surface area (Å²) in [4.78, 5) is 0. The van der Waals surface area contributed by atoms with E-state index in [1.807, 2.05) is 15.0 Å². The molecular formula is C7H18B2N3+. The van der Waals surface area contributed by atoms with E-state index in [2.05, 4.69) is 53.0 Å². The van der Waals surface area contributed by atoms with Crippen molar-refractivity contribution in [1.29, 1.82) is 0 Å². The van der Waals surface area contributed by atoms with Crippen LogP contribution >= 0.6 is 0 Å². The molecule has 4 radical (unpaired) electrons. The Morgan fingerprint density at radius 3 is 1.75 bits per heavy atom. The smallest absolute Gasteiger partial charge is 0.552 e. The molecule has 0 aliphatic rings. The number of hydrogen-bond acceptors (Lipinski definition) is 0. The molecule has 0 aromatic carbocycles. The fourth-order valence-corrected chi connectivity index (χ4v) is 0.413. The van der Waals surface area contributed by atoms with Gasteiger partial charge in [0, 0.05) is 42.3 Å². The zero-order chi connectivity index (χ0) is 9.83. The maximum Gasteiger partial charge on any atom is 0.577 e. The van der Waals surface area contributed by atoms with Gasteiger partial charge < -0.3 is 13.5 Å². The zero-order valence-corrected chi connectivity index (χ0v) is 9.00. The van der Waals surface area contributed by atoms with Crippen molar-refractivity contribution in [2.45, 2.75) is 0 Å². The minimum atomic E-state index is 0.720. The lowest BCUT2D eigenvalue weighted by atomic mass is 9.92. The van der Waals surface area contributed by atoms with Crippen LogP contribution in [-0.4, -0.2) is 66.0 Å². The van der Waals surface area contributed by atoms with Crippen LogP contribution < -0.4 is 0 Å². The molecule has 0 aliphatic heterocycles. The van der Waals surface area contributed by atoms with E-state index in [0.29, 0.717) is 0 Å². The van der Waals surface area contributed by atoms with Crippen molar-refractivity contribution in [3.8, 4) is 5.97 Å². The average Bonchev–Trinajstić information content (AvgIpc) is 1.76. The standard InChI is InChI=1S/C7H18B2N3/c1-11(2,3)8-7-10-9-12(4,5)6/h1-6H3/q+1. The Morgan fingerprint density at radius 2 is 1.42 bits per heavy atom. The van der Waals surface area contributed by atoms with Crippen LogP contribution in [0.15, 0.2) is 0 Å². The molecule has 5 heteroatoms. The van der Waals surface area contributed by atoms with Crippen LogP contribution in [0.2, 0.25) is 0 Å². The van der Waals surface area contributed by atoms with Crippen LogP contribution in [0.5, 0.6) is 0 Å². The van der Waals surface area contributed by atoms with E-state index in [1.54, 1.807) is 0 Å². The molecule has 0 aromatic heterocycles. The number of nitrogens with zero attached hydrogens (tertiary/aromatic N) is 3. The van der Waals surface area contributed by atoms with Gasteiger partial charge in [0.2, 0.25) is 0 Å². The molecule has 0 rings (SSSR count). The van der Waals surface area contributed by atoms with Gasteiger partial charge in [-0.1, -0.05) is 0 Å². The van der Waals surface area contributed by atoms with Gasteiger partial charge in [-0.3, -0.25) is 0 Å². The molecule has 0 N–H and O–H groups in total. The molecule has 0 fully saturated rings. The average molecular weight is 166 g/mol. The predicted molar refractivity (Wildman–Crippen MR) is 54.8 cm³/mol. The lowest BCUT2D eigenvalue weighted by Gasteiger charge is -2.33. The first-order chi connectivity index (χ1) is 5.21. The normalized spacial score (nSPS) is 12.2. The third kappa shape index (κ3) is 9.54. The highest BCUT2D eigenvalue weighted by Crippen LogP contribution is 1.87. The molecule has 0 saturated carbocycles. The molecule has 0 atom stereocenters. The van der Waals surface area contributed by atoms with E-state index in [9.17, 15) is 0 Å². The Bertz CT molecular complexity index is 171. The van der Waals surface area contributed by atoms with E-state index in [-0.39, 0.29) is 0 Å². The van der Waals surface area contributed by atoms with E-state index in [4.69, 9.17) is 0 Å². The lowest BCUT2D eigenvalue weighted by molar-refractivity contribution is -0.754.